The van der Waals surface area contributed by atoms with Crippen LogP contribution in [0.15, 0.2) is 52.4 Å². The minimum Gasteiger partial charge on any atom is -0.497 e. The molecule has 0 aliphatic carbocycles. The lowest BCUT2D eigenvalue weighted by Crippen LogP contribution is -2.36. The van der Waals surface area contributed by atoms with Gasteiger partial charge in [0.25, 0.3) is 5.91 Å². The largest absolute Gasteiger partial charge is 0.497 e. The van der Waals surface area contributed by atoms with E-state index in [1.54, 1.807) is 24.5 Å². The standard InChI is InChI=1S/C21H23N3O3S/c1-26-16-8-6-15(7-9-16)19-13-17(23-27-19)21(25)22-14-18(20-5-4-12-28-20)24-10-2-3-11-24/h4-9,12-13,18H,2-3,10-11,14H2,1H3,(H,22,25). The second kappa shape index (κ2) is 8.58. The molecule has 1 N–H and O–H groups in total. The summed E-state index contributed by atoms with van der Waals surface area (Å²) in [6, 6.07) is 13.5. The van der Waals surface area contributed by atoms with Gasteiger partial charge in [0.15, 0.2) is 11.5 Å². The van der Waals surface area contributed by atoms with E-state index in [0.29, 0.717) is 12.3 Å². The maximum atomic E-state index is 12.6. The van der Waals surface area contributed by atoms with Crippen LogP contribution in [0.3, 0.4) is 0 Å². The summed E-state index contributed by atoms with van der Waals surface area (Å²) in [5, 5.41) is 9.06. The Morgan fingerprint density at radius 2 is 2.07 bits per heavy atom. The first-order valence-corrected chi connectivity index (χ1v) is 10.3. The number of hydrogen-bond donors (Lipinski definition) is 1. The van der Waals surface area contributed by atoms with Gasteiger partial charge in [-0.25, -0.2) is 0 Å². The smallest absolute Gasteiger partial charge is 0.273 e. The van der Waals surface area contributed by atoms with E-state index in [-0.39, 0.29) is 17.6 Å². The van der Waals surface area contributed by atoms with Crippen molar-refractivity contribution in [3.63, 3.8) is 0 Å². The minimum atomic E-state index is -0.218. The molecule has 1 unspecified atom stereocenters. The number of ether oxygens (including phenoxy) is 1. The van der Waals surface area contributed by atoms with Gasteiger partial charge >= 0.3 is 0 Å². The maximum Gasteiger partial charge on any atom is 0.273 e. The normalized spacial score (nSPS) is 15.5. The Bertz CT molecular complexity index is 899. The Morgan fingerprint density at radius 3 is 2.75 bits per heavy atom. The average molecular weight is 398 g/mol. The van der Waals surface area contributed by atoms with E-state index in [2.05, 4.69) is 32.9 Å². The number of rotatable bonds is 7. The van der Waals surface area contributed by atoms with E-state index in [1.165, 1.54) is 17.7 Å². The molecule has 4 rings (SSSR count). The molecule has 2 aromatic heterocycles. The van der Waals surface area contributed by atoms with Crippen LogP contribution in [0.4, 0.5) is 0 Å². The van der Waals surface area contributed by atoms with Crippen LogP contribution in [0, 0.1) is 0 Å². The molecule has 0 bridgehead atoms. The van der Waals surface area contributed by atoms with Gasteiger partial charge in [0, 0.05) is 23.1 Å². The number of benzene rings is 1. The molecule has 0 radical (unpaired) electrons. The van der Waals surface area contributed by atoms with Crippen molar-refractivity contribution in [3.8, 4) is 17.1 Å². The molecule has 146 valence electrons. The van der Waals surface area contributed by atoms with Crippen LogP contribution in [0.25, 0.3) is 11.3 Å². The summed E-state index contributed by atoms with van der Waals surface area (Å²) in [6.45, 7) is 2.71. The average Bonchev–Trinajstić information content (AvgIpc) is 3.50. The number of amides is 1. The van der Waals surface area contributed by atoms with Gasteiger partial charge in [-0.3, -0.25) is 9.69 Å². The zero-order valence-corrected chi connectivity index (χ0v) is 16.6. The molecule has 7 heteroatoms. The molecule has 1 atom stereocenters. The number of aromatic nitrogens is 1. The summed E-state index contributed by atoms with van der Waals surface area (Å²) in [7, 11) is 1.62. The van der Waals surface area contributed by atoms with Crippen molar-refractivity contribution in [1.29, 1.82) is 0 Å². The van der Waals surface area contributed by atoms with E-state index in [0.717, 1.165) is 24.4 Å². The highest BCUT2D eigenvalue weighted by atomic mass is 32.1. The van der Waals surface area contributed by atoms with Crippen LogP contribution in [-0.4, -0.2) is 42.7 Å². The lowest BCUT2D eigenvalue weighted by molar-refractivity contribution is 0.0929. The van der Waals surface area contributed by atoms with Crippen molar-refractivity contribution < 1.29 is 14.1 Å². The summed E-state index contributed by atoms with van der Waals surface area (Å²) in [4.78, 5) is 16.3. The third kappa shape index (κ3) is 4.10. The SMILES string of the molecule is COc1ccc(-c2cc(C(=O)NCC(c3cccs3)N3CCCC3)no2)cc1. The molecule has 1 aliphatic rings. The molecule has 3 heterocycles. The molecular weight excluding hydrogens is 374 g/mol. The predicted octanol–water partition coefficient (Wildman–Crippen LogP) is 3.98. The molecule has 0 saturated carbocycles. The molecule has 3 aromatic rings. The number of nitrogens with one attached hydrogen (secondary N) is 1. The number of thiophene rings is 1. The van der Waals surface area contributed by atoms with Gasteiger partial charge in [-0.05, 0) is 61.6 Å². The fraction of sp³-hybridized carbons (Fsp3) is 0.333. The van der Waals surface area contributed by atoms with Gasteiger partial charge in [-0.2, -0.15) is 0 Å². The second-order valence-corrected chi connectivity index (χ2v) is 7.77. The first-order chi connectivity index (χ1) is 13.7. The van der Waals surface area contributed by atoms with Crippen LogP contribution < -0.4 is 10.1 Å². The number of nitrogens with zero attached hydrogens (tertiary/aromatic N) is 2. The summed E-state index contributed by atoms with van der Waals surface area (Å²) in [6.07, 6.45) is 2.43. The number of hydrogen-bond acceptors (Lipinski definition) is 6. The lowest BCUT2D eigenvalue weighted by Gasteiger charge is -2.26. The fourth-order valence-corrected chi connectivity index (χ4v) is 4.36. The van der Waals surface area contributed by atoms with Gasteiger partial charge < -0.3 is 14.6 Å². The summed E-state index contributed by atoms with van der Waals surface area (Å²) < 4.78 is 10.5. The van der Waals surface area contributed by atoms with E-state index in [4.69, 9.17) is 9.26 Å². The first kappa shape index (κ1) is 18.7. The maximum absolute atomic E-state index is 12.6. The van der Waals surface area contributed by atoms with E-state index < -0.39 is 0 Å². The van der Waals surface area contributed by atoms with Crippen molar-refractivity contribution in [3.05, 3.63) is 58.4 Å². The van der Waals surface area contributed by atoms with Gasteiger partial charge in [-0.15, -0.1) is 11.3 Å². The van der Waals surface area contributed by atoms with Gasteiger partial charge in [0.1, 0.15) is 5.75 Å². The molecule has 1 aromatic carbocycles. The van der Waals surface area contributed by atoms with E-state index in [9.17, 15) is 4.79 Å². The first-order valence-electron chi connectivity index (χ1n) is 9.41. The monoisotopic (exact) mass is 397 g/mol. The molecule has 1 aliphatic heterocycles. The quantitative estimate of drug-likeness (QED) is 0.653. The zero-order chi connectivity index (χ0) is 19.3. The number of carbonyl (C=O) groups excluding carboxylic acids is 1. The third-order valence-corrected chi connectivity index (χ3v) is 6.00. The Labute approximate surface area is 168 Å². The van der Waals surface area contributed by atoms with Gasteiger partial charge in [0.2, 0.25) is 0 Å². The number of likely N-dealkylation sites (tertiary alicyclic amines) is 1. The number of carbonyl (C=O) groups is 1. The topological polar surface area (TPSA) is 67.6 Å². The Balaban J connectivity index is 1.42. The number of methoxy groups -OCH3 is 1. The predicted molar refractivity (Wildman–Crippen MR) is 109 cm³/mol. The molecule has 28 heavy (non-hydrogen) atoms. The lowest BCUT2D eigenvalue weighted by atomic mass is 10.1. The van der Waals surface area contributed by atoms with Crippen molar-refractivity contribution in [2.75, 3.05) is 26.7 Å². The highest BCUT2D eigenvalue weighted by molar-refractivity contribution is 7.10. The molecule has 1 amide bonds. The molecule has 1 fully saturated rings. The van der Waals surface area contributed by atoms with E-state index in [1.807, 2.05) is 24.3 Å². The van der Waals surface area contributed by atoms with Crippen molar-refractivity contribution in [2.24, 2.45) is 0 Å². The van der Waals surface area contributed by atoms with Crippen molar-refractivity contribution in [1.82, 2.24) is 15.4 Å². The van der Waals surface area contributed by atoms with Crippen LogP contribution in [0.5, 0.6) is 5.75 Å². The van der Waals surface area contributed by atoms with Crippen LogP contribution >= 0.6 is 11.3 Å². The molecule has 0 spiro atoms. The fourth-order valence-electron chi connectivity index (χ4n) is 3.50. The Kier molecular flexibility index (Phi) is 5.73. The van der Waals surface area contributed by atoms with Crippen LogP contribution in [-0.2, 0) is 0 Å². The molecule has 1 saturated heterocycles. The summed E-state index contributed by atoms with van der Waals surface area (Å²) in [5.74, 6) is 1.11. The minimum absolute atomic E-state index is 0.208. The van der Waals surface area contributed by atoms with Crippen molar-refractivity contribution >= 4 is 17.2 Å². The van der Waals surface area contributed by atoms with E-state index >= 15 is 0 Å². The van der Waals surface area contributed by atoms with Gasteiger partial charge in [-0.1, -0.05) is 11.2 Å². The van der Waals surface area contributed by atoms with Gasteiger partial charge in [0.05, 0.1) is 13.2 Å². The third-order valence-electron chi connectivity index (χ3n) is 5.03. The second-order valence-electron chi connectivity index (χ2n) is 6.79. The molecular formula is C21H23N3O3S. The highest BCUT2D eigenvalue weighted by Crippen LogP contribution is 2.28. The van der Waals surface area contributed by atoms with Crippen LogP contribution in [0.2, 0.25) is 0 Å². The zero-order valence-electron chi connectivity index (χ0n) is 15.8. The Hall–Kier alpha value is -2.64. The molecule has 6 nitrogen and oxygen atoms in total. The summed E-state index contributed by atoms with van der Waals surface area (Å²) in [5.41, 5.74) is 1.14. The summed E-state index contributed by atoms with van der Waals surface area (Å²) >= 11 is 1.73. The van der Waals surface area contributed by atoms with Crippen LogP contribution in [0.1, 0.15) is 34.2 Å². The highest BCUT2D eigenvalue weighted by Gasteiger charge is 2.25. The van der Waals surface area contributed by atoms with Crippen molar-refractivity contribution in [2.45, 2.75) is 18.9 Å². The Morgan fingerprint density at radius 1 is 1.29 bits per heavy atom.